The summed E-state index contributed by atoms with van der Waals surface area (Å²) in [5.74, 6) is -7.21. The van der Waals surface area contributed by atoms with E-state index in [1.807, 2.05) is 0 Å². The van der Waals surface area contributed by atoms with Gasteiger partial charge in [0.25, 0.3) is 0 Å². The molecule has 0 aliphatic heterocycles. The monoisotopic (exact) mass is 466 g/mol. The number of benzene rings is 2. The van der Waals surface area contributed by atoms with Crippen LogP contribution < -0.4 is 17.8 Å². The van der Waals surface area contributed by atoms with Crippen molar-refractivity contribution in [2.24, 2.45) is 0 Å². The van der Waals surface area contributed by atoms with E-state index in [4.69, 9.17) is 18.6 Å². The van der Waals surface area contributed by atoms with Crippen molar-refractivity contribution in [3.05, 3.63) is 35.4 Å². The van der Waals surface area contributed by atoms with Crippen LogP contribution in [0.1, 0.15) is 15.9 Å². The van der Waals surface area contributed by atoms with Gasteiger partial charge in [-0.3, -0.25) is 13.9 Å². The maximum absolute atomic E-state index is 12.9. The Morgan fingerprint density at radius 1 is 0.800 bits per heavy atom. The highest BCUT2D eigenvalue weighted by atomic mass is 32.3. The molecule has 164 valence electrons. The molecule has 0 saturated carbocycles. The number of para-hydroxylation sites is 1. The normalized spacial score (nSPS) is 11.6. The number of aromatic hydroxyl groups is 2. The third-order valence-electron chi connectivity index (χ3n) is 3.46. The number of carbonyl (C=O) groups excluding carboxylic acids is 1. The minimum absolute atomic E-state index is 0.488. The summed E-state index contributed by atoms with van der Waals surface area (Å²) in [5.41, 5.74) is -1.59. The Hall–Kier alpha value is -3.27. The summed E-state index contributed by atoms with van der Waals surface area (Å²) in [5, 5.41) is 20.4. The number of hydrogen-bond acceptors (Lipinski definition) is 11. The molecule has 0 fully saturated rings. The van der Waals surface area contributed by atoms with Gasteiger partial charge in [-0.05, 0) is 12.1 Å². The lowest BCUT2D eigenvalue weighted by molar-refractivity contribution is 0.103. The van der Waals surface area contributed by atoms with Crippen LogP contribution in [0.3, 0.4) is 0 Å². The van der Waals surface area contributed by atoms with Crippen LogP contribution in [-0.2, 0) is 20.8 Å². The van der Waals surface area contributed by atoms with E-state index in [-0.39, 0.29) is 0 Å². The van der Waals surface area contributed by atoms with Crippen molar-refractivity contribution < 1.29 is 58.8 Å². The maximum Gasteiger partial charge on any atom is 0.446 e. The first-order valence-electron chi connectivity index (χ1n) is 7.48. The molecule has 30 heavy (non-hydrogen) atoms. The number of carbonyl (C=O) groups is 1. The quantitative estimate of drug-likeness (QED) is 0.313. The third-order valence-corrected chi connectivity index (χ3v) is 4.21. The molecule has 2 aromatic rings. The lowest BCUT2D eigenvalue weighted by atomic mass is 9.99. The molecular weight excluding hydrogens is 452 g/mol. The van der Waals surface area contributed by atoms with Crippen molar-refractivity contribution in [3.63, 3.8) is 0 Å². The zero-order chi connectivity index (χ0) is 22.9. The molecule has 13 nitrogen and oxygen atoms in total. The van der Waals surface area contributed by atoms with Crippen molar-refractivity contribution in [1.29, 1.82) is 0 Å². The molecule has 0 unspecified atom stereocenters. The maximum atomic E-state index is 12.9. The highest BCUT2D eigenvalue weighted by Gasteiger charge is 2.36. The number of hydrogen-bond donors (Lipinski definition) is 4. The molecule has 0 saturated heterocycles. The SMILES string of the molecule is COc1c(O)c(C(=O)c2ccccc2O)c(OS(=O)(=O)O)c(OS(=O)(=O)O)c1OC. The van der Waals surface area contributed by atoms with E-state index in [0.29, 0.717) is 0 Å². The lowest BCUT2D eigenvalue weighted by Gasteiger charge is -2.19. The van der Waals surface area contributed by atoms with Crippen LogP contribution in [0.2, 0.25) is 0 Å². The van der Waals surface area contributed by atoms with Gasteiger partial charge >= 0.3 is 20.8 Å². The number of methoxy groups -OCH3 is 2. The molecule has 2 rings (SSSR count). The fraction of sp³-hybridized carbons (Fsp3) is 0.133. The Kier molecular flexibility index (Phi) is 6.31. The molecule has 0 heterocycles. The van der Waals surface area contributed by atoms with Gasteiger partial charge in [0.05, 0.1) is 19.8 Å². The zero-order valence-electron chi connectivity index (χ0n) is 15.1. The summed E-state index contributed by atoms with van der Waals surface area (Å²) in [6, 6.07) is 4.82. The van der Waals surface area contributed by atoms with E-state index < -0.39 is 72.2 Å². The minimum atomic E-state index is -5.44. The second-order valence-corrected chi connectivity index (χ2v) is 7.36. The topological polar surface area (TPSA) is 203 Å². The Balaban J connectivity index is 3.03. The van der Waals surface area contributed by atoms with Crippen LogP contribution in [0.5, 0.6) is 34.5 Å². The van der Waals surface area contributed by atoms with E-state index in [1.54, 1.807) is 0 Å². The van der Waals surface area contributed by atoms with Crippen molar-refractivity contribution in [2.45, 2.75) is 0 Å². The molecule has 0 radical (unpaired) electrons. The molecule has 0 atom stereocenters. The second kappa shape index (κ2) is 8.23. The largest absolute Gasteiger partial charge is 0.507 e. The Morgan fingerprint density at radius 2 is 1.30 bits per heavy atom. The van der Waals surface area contributed by atoms with E-state index in [2.05, 4.69) is 8.37 Å². The van der Waals surface area contributed by atoms with E-state index in [9.17, 15) is 31.8 Å². The molecule has 0 amide bonds. The molecule has 4 N–H and O–H groups in total. The Morgan fingerprint density at radius 3 is 1.77 bits per heavy atom. The highest BCUT2D eigenvalue weighted by molar-refractivity contribution is 7.81. The van der Waals surface area contributed by atoms with Gasteiger partial charge in [-0.2, -0.15) is 16.8 Å². The summed E-state index contributed by atoms with van der Waals surface area (Å²) in [7, 11) is -8.94. The second-order valence-electron chi connectivity index (χ2n) is 5.32. The van der Waals surface area contributed by atoms with Crippen molar-refractivity contribution in [1.82, 2.24) is 0 Å². The van der Waals surface area contributed by atoms with Gasteiger partial charge in [-0.25, -0.2) is 0 Å². The van der Waals surface area contributed by atoms with E-state index in [0.717, 1.165) is 26.4 Å². The summed E-state index contributed by atoms with van der Waals surface area (Å²) in [6.45, 7) is 0. The van der Waals surface area contributed by atoms with Crippen LogP contribution in [0.4, 0.5) is 0 Å². The summed E-state index contributed by atoms with van der Waals surface area (Å²) in [6.07, 6.45) is 0. The molecule has 15 heteroatoms. The standard InChI is InChI=1S/C15H14O13S2/c1-25-13-11(18)9(10(17)7-5-3-4-6-8(7)16)12(27-29(19,20)21)15(14(13)26-2)28-30(22,23)24/h3-6,16,18H,1-2H3,(H,19,20,21)(H,22,23,24). The zero-order valence-corrected chi connectivity index (χ0v) is 16.7. The number of ketones is 1. The average Bonchev–Trinajstić information content (AvgIpc) is 2.61. The summed E-state index contributed by atoms with van der Waals surface area (Å²) >= 11 is 0. The summed E-state index contributed by atoms with van der Waals surface area (Å²) < 4.78 is 81.4. The van der Waals surface area contributed by atoms with Crippen LogP contribution in [0.25, 0.3) is 0 Å². The van der Waals surface area contributed by atoms with Gasteiger partial charge in [0.2, 0.25) is 28.8 Å². The highest BCUT2D eigenvalue weighted by Crippen LogP contribution is 2.54. The fourth-order valence-electron chi connectivity index (χ4n) is 2.40. The lowest BCUT2D eigenvalue weighted by Crippen LogP contribution is -2.16. The van der Waals surface area contributed by atoms with Gasteiger partial charge < -0.3 is 28.1 Å². The number of ether oxygens (including phenoxy) is 2. The molecular formula is C15H14O13S2. The van der Waals surface area contributed by atoms with Crippen LogP contribution in [-0.4, -0.2) is 56.2 Å². The number of phenolic OH excluding ortho intramolecular Hbond substituents is 2. The fourth-order valence-corrected chi connectivity index (χ4v) is 3.13. The van der Waals surface area contributed by atoms with E-state index >= 15 is 0 Å². The first kappa shape index (κ1) is 23.0. The van der Waals surface area contributed by atoms with Gasteiger partial charge in [0.15, 0.2) is 5.75 Å². The number of phenols is 2. The van der Waals surface area contributed by atoms with E-state index in [1.165, 1.54) is 12.1 Å². The third kappa shape index (κ3) is 4.82. The Bertz CT molecular complexity index is 1200. The minimum Gasteiger partial charge on any atom is -0.507 e. The molecule has 0 aliphatic carbocycles. The predicted molar refractivity (Wildman–Crippen MR) is 97.1 cm³/mol. The van der Waals surface area contributed by atoms with Crippen molar-refractivity contribution in [3.8, 4) is 34.5 Å². The average molecular weight is 466 g/mol. The predicted octanol–water partition coefficient (Wildman–Crippen LogP) is 0.709. The molecule has 0 bridgehead atoms. The number of rotatable bonds is 8. The van der Waals surface area contributed by atoms with Crippen molar-refractivity contribution in [2.75, 3.05) is 14.2 Å². The van der Waals surface area contributed by atoms with Crippen LogP contribution >= 0.6 is 0 Å². The van der Waals surface area contributed by atoms with Crippen molar-refractivity contribution >= 4 is 26.6 Å². The molecule has 0 spiro atoms. The van der Waals surface area contributed by atoms with Gasteiger partial charge in [0.1, 0.15) is 11.3 Å². The first-order chi connectivity index (χ1) is 13.8. The molecule has 0 aliphatic rings. The smallest absolute Gasteiger partial charge is 0.446 e. The van der Waals surface area contributed by atoms with Gasteiger partial charge in [-0.15, -0.1) is 0 Å². The van der Waals surface area contributed by atoms with Gasteiger partial charge in [0, 0.05) is 0 Å². The molecule has 0 aromatic heterocycles. The van der Waals surface area contributed by atoms with Crippen LogP contribution in [0, 0.1) is 0 Å². The molecule has 2 aromatic carbocycles. The first-order valence-corrected chi connectivity index (χ1v) is 10.2. The Labute approximate surface area is 169 Å². The van der Waals surface area contributed by atoms with Gasteiger partial charge in [-0.1, -0.05) is 12.1 Å². The van der Waals surface area contributed by atoms with Crippen LogP contribution in [0.15, 0.2) is 24.3 Å². The summed E-state index contributed by atoms with van der Waals surface area (Å²) in [4.78, 5) is 12.9.